The van der Waals surface area contributed by atoms with E-state index in [-0.39, 0.29) is 12.1 Å². The molecule has 0 amide bonds. The number of benzene rings is 1. The zero-order chi connectivity index (χ0) is 14.7. The lowest BCUT2D eigenvalue weighted by Gasteiger charge is -2.35. The SMILES string of the molecule is CNC(CO)(CCN(CC1CC1)C1CC1)c1ccccc1. The average Bonchev–Trinajstić information content (AvgIpc) is 3.41. The van der Waals surface area contributed by atoms with Gasteiger partial charge in [-0.2, -0.15) is 0 Å². The summed E-state index contributed by atoms with van der Waals surface area (Å²) < 4.78 is 0. The first kappa shape index (κ1) is 15.0. The maximum Gasteiger partial charge on any atom is 0.0678 e. The van der Waals surface area contributed by atoms with Crippen LogP contribution >= 0.6 is 0 Å². The van der Waals surface area contributed by atoms with Gasteiger partial charge in [-0.25, -0.2) is 0 Å². The number of hydrogen-bond acceptors (Lipinski definition) is 3. The molecule has 0 heterocycles. The van der Waals surface area contributed by atoms with Gasteiger partial charge in [0.2, 0.25) is 0 Å². The van der Waals surface area contributed by atoms with E-state index < -0.39 is 0 Å². The average molecular weight is 288 g/mol. The molecule has 3 rings (SSSR count). The summed E-state index contributed by atoms with van der Waals surface area (Å²) in [4.78, 5) is 2.67. The van der Waals surface area contributed by atoms with Gasteiger partial charge in [-0.15, -0.1) is 0 Å². The maximum atomic E-state index is 10.0. The van der Waals surface area contributed by atoms with Gasteiger partial charge >= 0.3 is 0 Å². The van der Waals surface area contributed by atoms with Crippen molar-refractivity contribution >= 4 is 0 Å². The predicted molar refractivity (Wildman–Crippen MR) is 86.2 cm³/mol. The molecule has 116 valence electrons. The third kappa shape index (κ3) is 3.65. The number of aliphatic hydroxyl groups excluding tert-OH is 1. The van der Waals surface area contributed by atoms with Crippen molar-refractivity contribution in [2.24, 2.45) is 5.92 Å². The zero-order valence-electron chi connectivity index (χ0n) is 13.1. The largest absolute Gasteiger partial charge is 0.394 e. The van der Waals surface area contributed by atoms with Crippen molar-refractivity contribution in [2.45, 2.75) is 43.7 Å². The first-order chi connectivity index (χ1) is 10.3. The molecule has 2 aliphatic carbocycles. The van der Waals surface area contributed by atoms with E-state index in [4.69, 9.17) is 0 Å². The molecule has 0 aliphatic heterocycles. The van der Waals surface area contributed by atoms with Crippen molar-refractivity contribution in [2.75, 3.05) is 26.7 Å². The highest BCUT2D eigenvalue weighted by Crippen LogP contribution is 2.36. The minimum Gasteiger partial charge on any atom is -0.394 e. The van der Waals surface area contributed by atoms with E-state index in [0.717, 1.165) is 24.9 Å². The molecular formula is C18H28N2O. The Morgan fingerprint density at radius 2 is 1.90 bits per heavy atom. The van der Waals surface area contributed by atoms with Crippen LogP contribution in [0.3, 0.4) is 0 Å². The van der Waals surface area contributed by atoms with Crippen molar-refractivity contribution in [1.29, 1.82) is 0 Å². The Hall–Kier alpha value is -0.900. The van der Waals surface area contributed by atoms with Crippen molar-refractivity contribution in [3.8, 4) is 0 Å². The number of aliphatic hydroxyl groups is 1. The Morgan fingerprint density at radius 3 is 2.43 bits per heavy atom. The second-order valence-corrected chi connectivity index (χ2v) is 6.78. The third-order valence-electron chi connectivity index (χ3n) is 5.15. The van der Waals surface area contributed by atoms with Gasteiger partial charge in [-0.05, 0) is 50.6 Å². The van der Waals surface area contributed by atoms with Crippen LogP contribution in [0.4, 0.5) is 0 Å². The number of likely N-dealkylation sites (N-methyl/N-ethyl adjacent to an activating group) is 1. The number of nitrogens with zero attached hydrogens (tertiary/aromatic N) is 1. The Balaban J connectivity index is 1.66. The Morgan fingerprint density at radius 1 is 1.19 bits per heavy atom. The van der Waals surface area contributed by atoms with E-state index in [9.17, 15) is 5.11 Å². The summed E-state index contributed by atoms with van der Waals surface area (Å²) in [6.07, 6.45) is 6.53. The van der Waals surface area contributed by atoms with Crippen LogP contribution in [0.15, 0.2) is 30.3 Å². The fraction of sp³-hybridized carbons (Fsp3) is 0.667. The molecule has 0 saturated heterocycles. The van der Waals surface area contributed by atoms with Gasteiger partial charge in [0.15, 0.2) is 0 Å². The molecule has 3 heteroatoms. The minimum absolute atomic E-state index is 0.148. The molecule has 1 aromatic rings. The fourth-order valence-electron chi connectivity index (χ4n) is 3.25. The van der Waals surface area contributed by atoms with E-state index >= 15 is 0 Å². The van der Waals surface area contributed by atoms with Crippen LogP contribution in [-0.4, -0.2) is 42.8 Å². The van der Waals surface area contributed by atoms with Crippen LogP contribution in [0.5, 0.6) is 0 Å². The third-order valence-corrected chi connectivity index (χ3v) is 5.15. The van der Waals surface area contributed by atoms with Gasteiger partial charge in [-0.3, -0.25) is 0 Å². The number of hydrogen-bond donors (Lipinski definition) is 2. The molecule has 1 aromatic carbocycles. The molecule has 3 nitrogen and oxygen atoms in total. The summed E-state index contributed by atoms with van der Waals surface area (Å²) in [5, 5.41) is 13.4. The van der Waals surface area contributed by atoms with Crippen LogP contribution in [0.25, 0.3) is 0 Å². The van der Waals surface area contributed by atoms with Gasteiger partial charge in [0.25, 0.3) is 0 Å². The van der Waals surface area contributed by atoms with Crippen LogP contribution in [0.2, 0.25) is 0 Å². The Labute approximate surface area is 128 Å². The number of rotatable bonds is 9. The zero-order valence-corrected chi connectivity index (χ0v) is 13.1. The van der Waals surface area contributed by atoms with Gasteiger partial charge < -0.3 is 15.3 Å². The molecule has 0 radical (unpaired) electrons. The van der Waals surface area contributed by atoms with E-state index in [1.54, 1.807) is 0 Å². The molecule has 0 bridgehead atoms. The molecule has 2 saturated carbocycles. The first-order valence-electron chi connectivity index (χ1n) is 8.37. The fourth-order valence-corrected chi connectivity index (χ4v) is 3.25. The molecule has 0 aromatic heterocycles. The summed E-state index contributed by atoms with van der Waals surface area (Å²) in [7, 11) is 1.96. The summed E-state index contributed by atoms with van der Waals surface area (Å²) in [5.74, 6) is 0.945. The van der Waals surface area contributed by atoms with Gasteiger partial charge in [0.05, 0.1) is 12.1 Å². The van der Waals surface area contributed by atoms with Crippen molar-refractivity contribution in [3.05, 3.63) is 35.9 Å². The minimum atomic E-state index is -0.308. The van der Waals surface area contributed by atoms with Crippen LogP contribution in [0.1, 0.15) is 37.7 Å². The van der Waals surface area contributed by atoms with E-state index in [2.05, 4.69) is 34.5 Å². The molecule has 2 aliphatic rings. The molecule has 0 spiro atoms. The molecular weight excluding hydrogens is 260 g/mol. The topological polar surface area (TPSA) is 35.5 Å². The van der Waals surface area contributed by atoms with Gasteiger partial charge in [0.1, 0.15) is 0 Å². The lowest BCUT2D eigenvalue weighted by Crippen LogP contribution is -2.46. The van der Waals surface area contributed by atoms with Crippen molar-refractivity contribution < 1.29 is 5.11 Å². The summed E-state index contributed by atoms with van der Waals surface area (Å²) in [5.41, 5.74) is 0.884. The van der Waals surface area contributed by atoms with E-state index in [0.29, 0.717) is 0 Å². The van der Waals surface area contributed by atoms with Gasteiger partial charge in [-0.1, -0.05) is 30.3 Å². The van der Waals surface area contributed by atoms with E-state index in [1.807, 2.05) is 13.1 Å². The first-order valence-corrected chi connectivity index (χ1v) is 8.37. The quantitative estimate of drug-likeness (QED) is 0.732. The van der Waals surface area contributed by atoms with Crippen LogP contribution in [0, 0.1) is 5.92 Å². The standard InChI is InChI=1S/C18H28N2O/c1-19-18(14-21,16-5-3-2-4-6-16)11-12-20(17-9-10-17)13-15-7-8-15/h2-6,15,17,19,21H,7-14H2,1H3. The normalized spacial score (nSPS) is 21.5. The molecule has 1 atom stereocenters. The Bertz CT molecular complexity index is 436. The smallest absolute Gasteiger partial charge is 0.0678 e. The van der Waals surface area contributed by atoms with Crippen molar-refractivity contribution in [3.63, 3.8) is 0 Å². The summed E-state index contributed by atoms with van der Waals surface area (Å²) in [6, 6.07) is 11.2. The monoisotopic (exact) mass is 288 g/mol. The van der Waals surface area contributed by atoms with Crippen LogP contribution in [-0.2, 0) is 5.54 Å². The molecule has 21 heavy (non-hydrogen) atoms. The summed E-state index contributed by atoms with van der Waals surface area (Å²) >= 11 is 0. The highest BCUT2D eigenvalue weighted by atomic mass is 16.3. The molecule has 2 fully saturated rings. The maximum absolute atomic E-state index is 10.0. The van der Waals surface area contributed by atoms with Crippen LogP contribution < -0.4 is 5.32 Å². The molecule has 1 unspecified atom stereocenters. The van der Waals surface area contributed by atoms with E-state index in [1.165, 1.54) is 37.8 Å². The highest BCUT2D eigenvalue weighted by molar-refractivity contribution is 5.24. The lowest BCUT2D eigenvalue weighted by molar-refractivity contribution is 0.134. The Kier molecular flexibility index (Phi) is 4.63. The second kappa shape index (κ2) is 6.47. The van der Waals surface area contributed by atoms with Crippen molar-refractivity contribution in [1.82, 2.24) is 10.2 Å². The summed E-state index contributed by atoms with van der Waals surface area (Å²) in [6.45, 7) is 2.50. The highest BCUT2D eigenvalue weighted by Gasteiger charge is 2.36. The second-order valence-electron chi connectivity index (χ2n) is 6.78. The molecule has 2 N–H and O–H groups in total. The number of nitrogens with one attached hydrogen (secondary N) is 1. The van der Waals surface area contributed by atoms with Gasteiger partial charge in [0, 0.05) is 19.1 Å². The predicted octanol–water partition coefficient (Wildman–Crippen LogP) is 2.36. The lowest BCUT2D eigenvalue weighted by atomic mass is 9.87.